The van der Waals surface area contributed by atoms with Gasteiger partial charge in [-0.2, -0.15) is 8.78 Å². The Bertz CT molecular complexity index is 604. The highest BCUT2D eigenvalue weighted by molar-refractivity contribution is 5.91. The molecular formula is C11H9F2NO3. The third kappa shape index (κ3) is 1.56. The molecule has 0 aliphatic carbocycles. The van der Waals surface area contributed by atoms with E-state index in [9.17, 15) is 13.6 Å². The molecule has 0 amide bonds. The van der Waals surface area contributed by atoms with Gasteiger partial charge in [0.2, 0.25) is 0 Å². The topological polar surface area (TPSA) is 63.3 Å². The van der Waals surface area contributed by atoms with Crippen molar-refractivity contribution in [2.24, 2.45) is 0 Å². The summed E-state index contributed by atoms with van der Waals surface area (Å²) in [7, 11) is 0. The number of carboxylic acids is 1. The number of carboxylic acid groups (broad SMARTS) is 1. The second kappa shape index (κ2) is 3.51. The zero-order valence-electron chi connectivity index (χ0n) is 9.12. The smallest absolute Gasteiger partial charge is 0.379 e. The summed E-state index contributed by atoms with van der Waals surface area (Å²) < 4.78 is 32.2. The Balaban J connectivity index is 2.88. The van der Waals surface area contributed by atoms with E-state index in [0.29, 0.717) is 0 Å². The number of hydrogen-bond donors (Lipinski definition) is 1. The second-order valence-electron chi connectivity index (χ2n) is 3.78. The first-order valence-corrected chi connectivity index (χ1v) is 4.83. The van der Waals surface area contributed by atoms with Crippen molar-refractivity contribution >= 4 is 16.9 Å². The van der Waals surface area contributed by atoms with Crippen molar-refractivity contribution in [3.63, 3.8) is 0 Å². The van der Waals surface area contributed by atoms with Crippen molar-refractivity contribution in [2.45, 2.75) is 19.8 Å². The molecule has 0 unspecified atom stereocenters. The van der Waals surface area contributed by atoms with E-state index in [2.05, 4.69) is 5.16 Å². The lowest BCUT2D eigenvalue weighted by molar-refractivity contribution is -0.166. The van der Waals surface area contributed by atoms with Crippen LogP contribution in [0.2, 0.25) is 0 Å². The quantitative estimate of drug-likeness (QED) is 0.877. The zero-order valence-corrected chi connectivity index (χ0v) is 9.12. The molecule has 1 heterocycles. The minimum atomic E-state index is -3.96. The minimum absolute atomic E-state index is 0.0670. The molecule has 90 valence electrons. The number of halogens is 2. The van der Waals surface area contributed by atoms with Gasteiger partial charge in [-0.25, -0.2) is 4.79 Å². The van der Waals surface area contributed by atoms with E-state index < -0.39 is 17.5 Å². The lowest BCUT2D eigenvalue weighted by Crippen LogP contribution is -2.26. The van der Waals surface area contributed by atoms with Gasteiger partial charge in [-0.1, -0.05) is 11.2 Å². The Hall–Kier alpha value is -1.98. The van der Waals surface area contributed by atoms with E-state index in [1.807, 2.05) is 0 Å². The molecule has 6 heteroatoms. The normalized spacial score (nSPS) is 12.0. The zero-order chi connectivity index (χ0) is 12.8. The van der Waals surface area contributed by atoms with Crippen LogP contribution in [0.25, 0.3) is 11.0 Å². The summed E-state index contributed by atoms with van der Waals surface area (Å²) >= 11 is 0. The number of rotatable bonds is 2. The third-order valence-electron chi connectivity index (χ3n) is 2.60. The van der Waals surface area contributed by atoms with Gasteiger partial charge in [-0.05, 0) is 25.5 Å². The number of aryl methyl sites for hydroxylation is 2. The number of alkyl halides is 2. The van der Waals surface area contributed by atoms with Crippen LogP contribution in [0.1, 0.15) is 16.8 Å². The molecule has 0 fully saturated rings. The van der Waals surface area contributed by atoms with Crippen molar-refractivity contribution in [3.8, 4) is 0 Å². The van der Waals surface area contributed by atoms with Crippen LogP contribution in [-0.4, -0.2) is 16.2 Å². The van der Waals surface area contributed by atoms with Crippen molar-refractivity contribution in [1.29, 1.82) is 0 Å². The number of nitrogens with zero attached hydrogens (tertiary/aromatic N) is 1. The van der Waals surface area contributed by atoms with Crippen LogP contribution < -0.4 is 0 Å². The summed E-state index contributed by atoms with van der Waals surface area (Å²) in [4.78, 5) is 10.6. The molecule has 2 aromatic rings. The number of hydrogen-bond acceptors (Lipinski definition) is 3. The van der Waals surface area contributed by atoms with Crippen LogP contribution in [0.15, 0.2) is 16.7 Å². The highest BCUT2D eigenvalue weighted by atomic mass is 19.3. The van der Waals surface area contributed by atoms with Crippen molar-refractivity contribution in [3.05, 3.63) is 29.0 Å². The molecule has 0 bridgehead atoms. The Kier molecular flexibility index (Phi) is 2.38. The van der Waals surface area contributed by atoms with Gasteiger partial charge in [0, 0.05) is 5.56 Å². The monoisotopic (exact) mass is 241 g/mol. The van der Waals surface area contributed by atoms with Gasteiger partial charge in [-0.15, -0.1) is 0 Å². The Morgan fingerprint density at radius 2 is 2.06 bits per heavy atom. The largest absolute Gasteiger partial charge is 0.477 e. The molecule has 0 atom stereocenters. The maximum absolute atomic E-state index is 13.7. The molecule has 0 aliphatic rings. The van der Waals surface area contributed by atoms with Crippen LogP contribution >= 0.6 is 0 Å². The van der Waals surface area contributed by atoms with Crippen molar-refractivity contribution in [2.75, 3.05) is 0 Å². The number of carbonyl (C=O) groups is 1. The van der Waals surface area contributed by atoms with Crippen molar-refractivity contribution in [1.82, 2.24) is 5.16 Å². The minimum Gasteiger partial charge on any atom is -0.477 e. The van der Waals surface area contributed by atoms with Gasteiger partial charge in [0.1, 0.15) is 0 Å². The summed E-state index contributed by atoms with van der Waals surface area (Å²) in [6, 6.07) is 2.88. The highest BCUT2D eigenvalue weighted by Crippen LogP contribution is 2.37. The maximum atomic E-state index is 13.7. The molecule has 1 aromatic carbocycles. The maximum Gasteiger partial charge on any atom is 0.379 e. The van der Waals surface area contributed by atoms with Crippen LogP contribution in [-0.2, 0) is 10.7 Å². The molecule has 0 aliphatic heterocycles. The van der Waals surface area contributed by atoms with Crippen LogP contribution in [0.3, 0.4) is 0 Å². The lowest BCUT2D eigenvalue weighted by Gasteiger charge is -2.15. The number of aliphatic carboxylic acids is 1. The third-order valence-corrected chi connectivity index (χ3v) is 2.60. The standard InChI is InChI=1S/C11H9F2NO3/c1-5-3-4-7-8(6(2)14-17-7)9(5)11(12,13)10(15)16/h3-4H,1-2H3,(H,15,16). The summed E-state index contributed by atoms with van der Waals surface area (Å²) in [5, 5.41) is 12.2. The first-order valence-electron chi connectivity index (χ1n) is 4.83. The van der Waals surface area contributed by atoms with E-state index in [4.69, 9.17) is 9.63 Å². The summed E-state index contributed by atoms with van der Waals surface area (Å²) in [6.07, 6.45) is 0. The Morgan fingerprint density at radius 3 is 2.65 bits per heavy atom. The molecule has 1 aromatic heterocycles. The first kappa shape index (κ1) is 11.5. The van der Waals surface area contributed by atoms with Gasteiger partial charge in [0.25, 0.3) is 0 Å². The predicted octanol–water partition coefficient (Wildman–Crippen LogP) is 2.62. The van der Waals surface area contributed by atoms with Gasteiger partial charge >= 0.3 is 11.9 Å². The number of aromatic nitrogens is 1. The van der Waals surface area contributed by atoms with Crippen LogP contribution in [0, 0.1) is 13.8 Å². The Labute approximate surface area is 94.8 Å². The molecule has 17 heavy (non-hydrogen) atoms. The lowest BCUT2D eigenvalue weighted by atomic mass is 9.97. The van der Waals surface area contributed by atoms with Gasteiger partial charge in [0.15, 0.2) is 5.58 Å². The SMILES string of the molecule is Cc1ccc2onc(C)c2c1C(F)(F)C(=O)O. The van der Waals surface area contributed by atoms with Gasteiger partial charge in [0.05, 0.1) is 11.1 Å². The predicted molar refractivity (Wildman–Crippen MR) is 55.0 cm³/mol. The van der Waals surface area contributed by atoms with Gasteiger partial charge in [-0.3, -0.25) is 0 Å². The first-order chi connectivity index (χ1) is 7.85. The van der Waals surface area contributed by atoms with E-state index >= 15 is 0 Å². The number of benzene rings is 1. The van der Waals surface area contributed by atoms with E-state index in [0.717, 1.165) is 0 Å². The molecule has 0 radical (unpaired) electrons. The van der Waals surface area contributed by atoms with E-state index in [1.54, 1.807) is 0 Å². The fourth-order valence-electron chi connectivity index (χ4n) is 1.80. The molecule has 1 N–H and O–H groups in total. The summed E-state index contributed by atoms with van der Waals surface area (Å²) in [5.74, 6) is -6.14. The molecule has 2 rings (SSSR count). The molecule has 0 saturated carbocycles. The highest BCUT2D eigenvalue weighted by Gasteiger charge is 2.44. The fourth-order valence-corrected chi connectivity index (χ4v) is 1.80. The summed E-state index contributed by atoms with van der Waals surface area (Å²) in [6.45, 7) is 2.92. The van der Waals surface area contributed by atoms with E-state index in [1.165, 1.54) is 26.0 Å². The Morgan fingerprint density at radius 1 is 1.41 bits per heavy atom. The van der Waals surface area contributed by atoms with Crippen molar-refractivity contribution < 1.29 is 23.2 Å². The average Bonchev–Trinajstić information content (AvgIpc) is 2.60. The fraction of sp³-hybridized carbons (Fsp3) is 0.273. The molecule has 0 spiro atoms. The van der Waals surface area contributed by atoms with E-state index in [-0.39, 0.29) is 22.2 Å². The summed E-state index contributed by atoms with van der Waals surface area (Å²) in [5.41, 5.74) is 0.0427. The second-order valence-corrected chi connectivity index (χ2v) is 3.78. The van der Waals surface area contributed by atoms with Crippen LogP contribution in [0.4, 0.5) is 8.78 Å². The van der Waals surface area contributed by atoms with Crippen LogP contribution in [0.5, 0.6) is 0 Å². The molecular weight excluding hydrogens is 232 g/mol. The average molecular weight is 241 g/mol. The number of fused-ring (bicyclic) bond motifs is 1. The molecule has 4 nitrogen and oxygen atoms in total. The van der Waals surface area contributed by atoms with Gasteiger partial charge < -0.3 is 9.63 Å². The molecule has 0 saturated heterocycles.